The van der Waals surface area contributed by atoms with E-state index in [0.717, 1.165) is 11.1 Å². The van der Waals surface area contributed by atoms with Gasteiger partial charge in [0, 0.05) is 17.5 Å². The van der Waals surface area contributed by atoms with E-state index in [1.807, 2.05) is 36.4 Å². The van der Waals surface area contributed by atoms with E-state index in [1.54, 1.807) is 0 Å². The van der Waals surface area contributed by atoms with Gasteiger partial charge in [-0.2, -0.15) is 0 Å². The first-order chi connectivity index (χ1) is 8.42. The highest BCUT2D eigenvalue weighted by Crippen LogP contribution is 2.39. The Hall–Kier alpha value is -2.09. The monoisotopic (exact) mass is 222 g/mol. The zero-order valence-electron chi connectivity index (χ0n) is 9.34. The van der Waals surface area contributed by atoms with Crippen molar-refractivity contribution < 1.29 is 4.84 Å². The zero-order chi connectivity index (χ0) is 11.6. The van der Waals surface area contributed by atoms with Crippen molar-refractivity contribution in [3.63, 3.8) is 0 Å². The SMILES string of the molecule is [C]1=NOC(c2ccccc2)(c2ccccc2)C1. The third-order valence-electron chi connectivity index (χ3n) is 3.07. The summed E-state index contributed by atoms with van der Waals surface area (Å²) in [6.07, 6.45) is 3.57. The Labute approximate surface area is 101 Å². The topological polar surface area (TPSA) is 21.6 Å². The molecule has 2 aromatic carbocycles. The summed E-state index contributed by atoms with van der Waals surface area (Å²) in [6.45, 7) is 0. The van der Waals surface area contributed by atoms with Gasteiger partial charge in [0.1, 0.15) is 6.21 Å². The van der Waals surface area contributed by atoms with E-state index in [0.29, 0.717) is 6.42 Å². The van der Waals surface area contributed by atoms with Crippen LogP contribution in [0.25, 0.3) is 0 Å². The molecule has 0 bridgehead atoms. The number of hydrogen-bond donors (Lipinski definition) is 0. The van der Waals surface area contributed by atoms with Crippen LogP contribution in [0.3, 0.4) is 0 Å². The summed E-state index contributed by atoms with van der Waals surface area (Å²) in [5, 5.41) is 3.84. The summed E-state index contributed by atoms with van der Waals surface area (Å²) >= 11 is 0. The molecule has 0 saturated carbocycles. The largest absolute Gasteiger partial charge is 0.379 e. The van der Waals surface area contributed by atoms with Crippen molar-refractivity contribution in [3.8, 4) is 0 Å². The molecular weight excluding hydrogens is 210 g/mol. The van der Waals surface area contributed by atoms with Crippen LogP contribution in [0.2, 0.25) is 0 Å². The Morgan fingerprint density at radius 3 is 1.82 bits per heavy atom. The molecule has 0 atom stereocenters. The van der Waals surface area contributed by atoms with Crippen LogP contribution in [0.4, 0.5) is 0 Å². The van der Waals surface area contributed by atoms with Gasteiger partial charge in [0.2, 0.25) is 0 Å². The van der Waals surface area contributed by atoms with Crippen molar-refractivity contribution in [2.75, 3.05) is 0 Å². The number of benzene rings is 2. The molecule has 2 heteroatoms. The standard InChI is InChI=1S/C15H12NO/c1-3-7-13(8-4-1)15(11-12-16-17-15)14-9-5-2-6-10-14/h1-10H,11H2. The molecule has 2 aromatic rings. The van der Waals surface area contributed by atoms with Crippen LogP contribution in [-0.4, -0.2) is 6.21 Å². The molecule has 1 aliphatic rings. The van der Waals surface area contributed by atoms with E-state index in [2.05, 4.69) is 35.6 Å². The first kappa shape index (κ1) is 10.1. The highest BCUT2D eigenvalue weighted by Gasteiger charge is 2.39. The van der Waals surface area contributed by atoms with E-state index in [-0.39, 0.29) is 0 Å². The minimum atomic E-state index is -0.497. The molecule has 0 unspecified atom stereocenters. The van der Waals surface area contributed by atoms with E-state index in [9.17, 15) is 0 Å². The highest BCUT2D eigenvalue weighted by molar-refractivity contribution is 5.63. The molecule has 17 heavy (non-hydrogen) atoms. The predicted octanol–water partition coefficient (Wildman–Crippen LogP) is 3.21. The second kappa shape index (κ2) is 4.06. The van der Waals surface area contributed by atoms with Gasteiger partial charge in [-0.25, -0.2) is 0 Å². The van der Waals surface area contributed by atoms with Gasteiger partial charge in [-0.15, -0.1) is 0 Å². The Balaban J connectivity index is 2.12. The van der Waals surface area contributed by atoms with Gasteiger partial charge in [0.15, 0.2) is 5.60 Å². The average Bonchev–Trinajstić information content (AvgIpc) is 2.91. The predicted molar refractivity (Wildman–Crippen MR) is 66.8 cm³/mol. The molecule has 1 heterocycles. The average molecular weight is 222 g/mol. The molecule has 0 amide bonds. The maximum Gasteiger partial charge on any atom is 0.193 e. The van der Waals surface area contributed by atoms with E-state index in [4.69, 9.17) is 4.84 Å². The van der Waals surface area contributed by atoms with Gasteiger partial charge in [-0.3, -0.25) is 0 Å². The first-order valence-corrected chi connectivity index (χ1v) is 5.64. The normalized spacial score (nSPS) is 16.7. The summed E-state index contributed by atoms with van der Waals surface area (Å²) in [5.74, 6) is 0. The highest BCUT2D eigenvalue weighted by atomic mass is 16.7. The van der Waals surface area contributed by atoms with Gasteiger partial charge in [-0.1, -0.05) is 65.8 Å². The summed E-state index contributed by atoms with van der Waals surface area (Å²) in [4.78, 5) is 5.63. The molecule has 0 spiro atoms. The lowest BCUT2D eigenvalue weighted by Crippen LogP contribution is -2.26. The Kier molecular flexibility index (Phi) is 2.41. The molecule has 0 N–H and O–H groups in total. The lowest BCUT2D eigenvalue weighted by atomic mass is 9.84. The minimum absolute atomic E-state index is 0.497. The molecular formula is C15H12NO. The van der Waals surface area contributed by atoms with Crippen molar-refractivity contribution >= 4 is 6.21 Å². The van der Waals surface area contributed by atoms with Crippen molar-refractivity contribution in [2.24, 2.45) is 5.16 Å². The van der Waals surface area contributed by atoms with Gasteiger partial charge in [0.05, 0.1) is 0 Å². The van der Waals surface area contributed by atoms with Gasteiger partial charge in [0.25, 0.3) is 0 Å². The molecule has 1 radical (unpaired) electrons. The fraction of sp³-hybridized carbons (Fsp3) is 0.133. The Morgan fingerprint density at radius 1 is 0.882 bits per heavy atom. The van der Waals surface area contributed by atoms with E-state index in [1.165, 1.54) is 0 Å². The van der Waals surface area contributed by atoms with Crippen molar-refractivity contribution in [2.45, 2.75) is 12.0 Å². The molecule has 3 rings (SSSR count). The minimum Gasteiger partial charge on any atom is -0.379 e. The summed E-state index contributed by atoms with van der Waals surface area (Å²) in [6, 6.07) is 20.3. The molecule has 0 aliphatic carbocycles. The van der Waals surface area contributed by atoms with E-state index < -0.39 is 5.60 Å². The molecule has 0 saturated heterocycles. The molecule has 0 aromatic heterocycles. The molecule has 0 fully saturated rings. The van der Waals surface area contributed by atoms with Crippen LogP contribution in [0.5, 0.6) is 0 Å². The van der Waals surface area contributed by atoms with Gasteiger partial charge in [-0.05, 0) is 0 Å². The van der Waals surface area contributed by atoms with Crippen molar-refractivity contribution in [1.82, 2.24) is 0 Å². The number of nitrogens with zero attached hydrogens (tertiary/aromatic N) is 1. The van der Waals surface area contributed by atoms with Crippen LogP contribution in [0, 0.1) is 0 Å². The molecule has 2 nitrogen and oxygen atoms in total. The summed E-state index contributed by atoms with van der Waals surface area (Å²) in [5.41, 5.74) is 1.72. The third kappa shape index (κ3) is 1.62. The maximum absolute atomic E-state index is 5.63. The molecule has 83 valence electrons. The second-order valence-corrected chi connectivity index (χ2v) is 4.08. The quantitative estimate of drug-likeness (QED) is 0.764. The van der Waals surface area contributed by atoms with Crippen LogP contribution >= 0.6 is 0 Å². The van der Waals surface area contributed by atoms with Gasteiger partial charge >= 0.3 is 0 Å². The summed E-state index contributed by atoms with van der Waals surface area (Å²) in [7, 11) is 0. The smallest absolute Gasteiger partial charge is 0.193 e. The fourth-order valence-electron chi connectivity index (χ4n) is 2.18. The maximum atomic E-state index is 5.63. The Morgan fingerprint density at radius 2 is 1.41 bits per heavy atom. The molecule has 1 aliphatic heterocycles. The van der Waals surface area contributed by atoms with Crippen LogP contribution in [0.15, 0.2) is 65.8 Å². The number of rotatable bonds is 2. The first-order valence-electron chi connectivity index (χ1n) is 5.64. The summed E-state index contributed by atoms with van der Waals surface area (Å²) < 4.78 is 0. The van der Waals surface area contributed by atoms with E-state index >= 15 is 0 Å². The van der Waals surface area contributed by atoms with Crippen molar-refractivity contribution in [3.05, 3.63) is 71.8 Å². The van der Waals surface area contributed by atoms with Gasteiger partial charge < -0.3 is 4.84 Å². The second-order valence-electron chi connectivity index (χ2n) is 4.08. The lowest BCUT2D eigenvalue weighted by molar-refractivity contribution is 0.0112. The number of hydrogen-bond acceptors (Lipinski definition) is 2. The van der Waals surface area contributed by atoms with Crippen LogP contribution in [-0.2, 0) is 10.4 Å². The third-order valence-corrected chi connectivity index (χ3v) is 3.07. The van der Waals surface area contributed by atoms with Crippen LogP contribution < -0.4 is 0 Å². The zero-order valence-corrected chi connectivity index (χ0v) is 9.34. The Bertz CT molecular complexity index is 470. The fourth-order valence-corrected chi connectivity index (χ4v) is 2.18. The lowest BCUT2D eigenvalue weighted by Gasteiger charge is -2.27. The van der Waals surface area contributed by atoms with Crippen LogP contribution in [0.1, 0.15) is 17.5 Å². The van der Waals surface area contributed by atoms with Crippen molar-refractivity contribution in [1.29, 1.82) is 0 Å².